The molecule has 3 aromatic rings. The second-order valence-corrected chi connectivity index (χ2v) is 6.35. The molecule has 0 saturated carbocycles. The van der Waals surface area contributed by atoms with Crippen LogP contribution in [0.15, 0.2) is 54.7 Å². The average Bonchev–Trinajstić information content (AvgIpc) is 3.03. The topological polar surface area (TPSA) is 38.1 Å². The van der Waals surface area contributed by atoms with Gasteiger partial charge in [0.05, 0.1) is 16.4 Å². The van der Waals surface area contributed by atoms with Crippen molar-refractivity contribution in [1.29, 1.82) is 0 Å². The Morgan fingerprint density at radius 2 is 1.88 bits per heavy atom. The van der Waals surface area contributed by atoms with E-state index in [0.717, 1.165) is 11.3 Å². The smallest absolute Gasteiger partial charge is 0.294 e. The first-order valence-electron chi connectivity index (χ1n) is 7.99. The van der Waals surface area contributed by atoms with Gasteiger partial charge in [-0.3, -0.25) is 4.79 Å². The molecule has 0 radical (unpaired) electrons. The molecule has 1 aromatic heterocycles. The molecule has 0 fully saturated rings. The molecule has 0 unspecified atom stereocenters. The van der Waals surface area contributed by atoms with Gasteiger partial charge in [-0.2, -0.15) is 0 Å². The van der Waals surface area contributed by atoms with E-state index in [2.05, 4.69) is 4.98 Å². The van der Waals surface area contributed by atoms with Crippen molar-refractivity contribution in [2.24, 2.45) is 0 Å². The fraction of sp³-hybridized carbons (Fsp3) is 0.158. The van der Waals surface area contributed by atoms with Gasteiger partial charge in [-0.15, -0.1) is 0 Å². The summed E-state index contributed by atoms with van der Waals surface area (Å²) in [5.41, 5.74) is 2.14. The van der Waals surface area contributed by atoms with Crippen LogP contribution in [0.5, 0.6) is 0 Å². The third kappa shape index (κ3) is 2.91. The molecule has 0 N–H and O–H groups in total. The first-order valence-corrected chi connectivity index (χ1v) is 8.37. The zero-order chi connectivity index (χ0) is 17.4. The van der Waals surface area contributed by atoms with Crippen LogP contribution >= 0.6 is 11.6 Å². The minimum Gasteiger partial charge on any atom is -0.325 e. The van der Waals surface area contributed by atoms with Gasteiger partial charge in [0.25, 0.3) is 5.91 Å². The zero-order valence-electron chi connectivity index (χ0n) is 13.3. The fourth-order valence-corrected chi connectivity index (χ4v) is 3.23. The lowest BCUT2D eigenvalue weighted by molar-refractivity contribution is 0.0958. The van der Waals surface area contributed by atoms with Gasteiger partial charge >= 0.3 is 0 Å². The van der Waals surface area contributed by atoms with Crippen LogP contribution in [-0.4, -0.2) is 22.0 Å². The predicted molar refractivity (Wildman–Crippen MR) is 94.6 cm³/mol. The minimum absolute atomic E-state index is 0.00369. The minimum atomic E-state index is -0.581. The number of halogens is 2. The van der Waals surface area contributed by atoms with Crippen molar-refractivity contribution >= 4 is 23.2 Å². The molecule has 25 heavy (non-hydrogen) atoms. The molecule has 0 saturated heterocycles. The van der Waals surface area contributed by atoms with Crippen molar-refractivity contribution in [2.45, 2.75) is 13.0 Å². The molecule has 1 amide bonds. The number of benzene rings is 2. The number of amides is 1. The molecular weight excluding hydrogens is 341 g/mol. The lowest BCUT2D eigenvalue weighted by atomic mass is 10.1. The van der Waals surface area contributed by atoms with Gasteiger partial charge in [0.15, 0.2) is 11.6 Å². The summed E-state index contributed by atoms with van der Waals surface area (Å²) in [6.45, 7) is 0.944. The fourth-order valence-electron chi connectivity index (χ4n) is 3.06. The summed E-state index contributed by atoms with van der Waals surface area (Å²) < 4.78 is 16.1. The molecule has 2 aromatic carbocycles. The average molecular weight is 356 g/mol. The van der Waals surface area contributed by atoms with Crippen molar-refractivity contribution in [2.75, 3.05) is 11.4 Å². The first kappa shape index (κ1) is 15.8. The van der Waals surface area contributed by atoms with Gasteiger partial charge in [0, 0.05) is 25.7 Å². The molecule has 4 nitrogen and oxygen atoms in total. The Morgan fingerprint density at radius 3 is 2.68 bits per heavy atom. The molecule has 0 aliphatic carbocycles. The van der Waals surface area contributed by atoms with Crippen LogP contribution in [0.25, 0.3) is 0 Å². The molecule has 0 bridgehead atoms. The van der Waals surface area contributed by atoms with E-state index in [4.69, 9.17) is 11.6 Å². The SMILES string of the molecule is O=C1c2nc(Cc3ccccc3)cn2CCN1c1cccc(Cl)c1F. The Balaban J connectivity index is 1.64. The highest BCUT2D eigenvalue weighted by Crippen LogP contribution is 2.28. The van der Waals surface area contributed by atoms with Crippen molar-refractivity contribution in [3.63, 3.8) is 0 Å². The summed E-state index contributed by atoms with van der Waals surface area (Å²) in [5.74, 6) is -0.565. The van der Waals surface area contributed by atoms with E-state index in [-0.39, 0.29) is 16.6 Å². The van der Waals surface area contributed by atoms with Gasteiger partial charge in [-0.05, 0) is 17.7 Å². The Hall–Kier alpha value is -2.66. The summed E-state index contributed by atoms with van der Waals surface area (Å²) in [7, 11) is 0. The Kier molecular flexibility index (Phi) is 4.01. The van der Waals surface area contributed by atoms with Gasteiger partial charge in [0.2, 0.25) is 0 Å². The van der Waals surface area contributed by atoms with Crippen molar-refractivity contribution in [3.05, 3.63) is 82.6 Å². The summed E-state index contributed by atoms with van der Waals surface area (Å²) in [4.78, 5) is 18.6. The maximum atomic E-state index is 14.3. The number of hydrogen-bond donors (Lipinski definition) is 0. The summed E-state index contributed by atoms with van der Waals surface area (Å²) in [6, 6.07) is 14.6. The van der Waals surface area contributed by atoms with Crippen LogP contribution in [0.3, 0.4) is 0 Å². The van der Waals surface area contributed by atoms with E-state index in [9.17, 15) is 9.18 Å². The number of nitrogens with zero attached hydrogens (tertiary/aromatic N) is 3. The molecule has 126 valence electrons. The first-order chi connectivity index (χ1) is 12.1. The zero-order valence-corrected chi connectivity index (χ0v) is 14.1. The number of hydrogen-bond acceptors (Lipinski definition) is 2. The van der Waals surface area contributed by atoms with Crippen LogP contribution in [0.1, 0.15) is 21.9 Å². The standard InChI is InChI=1S/C19H15ClFN3O/c20-15-7-4-8-16(17(15)21)24-10-9-23-12-14(22-18(23)19(24)25)11-13-5-2-1-3-6-13/h1-8,12H,9-11H2. The maximum absolute atomic E-state index is 14.3. The Morgan fingerprint density at radius 1 is 1.08 bits per heavy atom. The molecule has 0 spiro atoms. The van der Waals surface area contributed by atoms with Gasteiger partial charge in [0.1, 0.15) is 0 Å². The van der Waals surface area contributed by atoms with Crippen molar-refractivity contribution in [1.82, 2.24) is 9.55 Å². The highest BCUT2D eigenvalue weighted by Gasteiger charge is 2.30. The summed E-state index contributed by atoms with van der Waals surface area (Å²) >= 11 is 5.84. The molecule has 0 atom stereocenters. The molecule has 4 rings (SSSR count). The predicted octanol–water partition coefficient (Wildman–Crippen LogP) is 3.93. The van der Waals surface area contributed by atoms with Crippen molar-refractivity contribution < 1.29 is 9.18 Å². The quantitative estimate of drug-likeness (QED) is 0.714. The highest BCUT2D eigenvalue weighted by atomic mass is 35.5. The number of aromatic nitrogens is 2. The molecule has 1 aliphatic rings. The third-order valence-corrected chi connectivity index (χ3v) is 4.57. The highest BCUT2D eigenvalue weighted by molar-refractivity contribution is 6.31. The van der Waals surface area contributed by atoms with Crippen LogP contribution in [0.2, 0.25) is 5.02 Å². The molecule has 2 heterocycles. The van der Waals surface area contributed by atoms with Crippen LogP contribution < -0.4 is 4.90 Å². The second-order valence-electron chi connectivity index (χ2n) is 5.94. The number of carbonyl (C=O) groups excluding carboxylic acids is 1. The van der Waals surface area contributed by atoms with Crippen molar-refractivity contribution in [3.8, 4) is 0 Å². The molecular formula is C19H15ClFN3O. The Labute approximate surface area is 149 Å². The van der Waals surface area contributed by atoms with Crippen LogP contribution in [-0.2, 0) is 13.0 Å². The van der Waals surface area contributed by atoms with Gasteiger partial charge in [-0.25, -0.2) is 9.37 Å². The van der Waals surface area contributed by atoms with Gasteiger partial charge < -0.3 is 9.47 Å². The molecule has 1 aliphatic heterocycles. The lowest BCUT2D eigenvalue weighted by Crippen LogP contribution is -2.41. The monoisotopic (exact) mass is 355 g/mol. The Bertz CT molecular complexity index is 939. The second kappa shape index (κ2) is 6.33. The largest absolute Gasteiger partial charge is 0.325 e. The normalized spacial score (nSPS) is 13.8. The van der Waals surface area contributed by atoms with Gasteiger partial charge in [-0.1, -0.05) is 48.0 Å². The van der Waals surface area contributed by atoms with Crippen LogP contribution in [0.4, 0.5) is 10.1 Å². The maximum Gasteiger partial charge on any atom is 0.294 e. The summed E-state index contributed by atoms with van der Waals surface area (Å²) in [6.07, 6.45) is 2.55. The van der Waals surface area contributed by atoms with E-state index in [1.807, 2.05) is 41.1 Å². The van der Waals surface area contributed by atoms with E-state index in [1.165, 1.54) is 11.0 Å². The molecule has 6 heteroatoms. The number of anilines is 1. The summed E-state index contributed by atoms with van der Waals surface area (Å²) in [5, 5.41) is 0.00369. The lowest BCUT2D eigenvalue weighted by Gasteiger charge is -2.27. The van der Waals surface area contributed by atoms with E-state index < -0.39 is 5.82 Å². The van der Waals surface area contributed by atoms with E-state index >= 15 is 0 Å². The van der Waals surface area contributed by atoms with E-state index in [0.29, 0.717) is 25.3 Å². The van der Waals surface area contributed by atoms with E-state index in [1.54, 1.807) is 12.1 Å². The van der Waals surface area contributed by atoms with Crippen LogP contribution in [0, 0.1) is 5.82 Å². The number of imidazole rings is 1. The third-order valence-electron chi connectivity index (χ3n) is 4.28. The number of rotatable bonds is 3. The number of carbonyl (C=O) groups is 1. The number of fused-ring (bicyclic) bond motifs is 1.